The van der Waals surface area contributed by atoms with Crippen LogP contribution in [-0.2, 0) is 9.53 Å². The van der Waals surface area contributed by atoms with Crippen LogP contribution >= 0.6 is 0 Å². The van der Waals surface area contributed by atoms with Gasteiger partial charge in [0.1, 0.15) is 5.60 Å². The van der Waals surface area contributed by atoms with Crippen LogP contribution in [0.15, 0.2) is 53.4 Å². The van der Waals surface area contributed by atoms with Crippen LogP contribution in [0.5, 0.6) is 0 Å². The number of nitrogens with zero attached hydrogens (tertiary/aromatic N) is 3. The molecular weight excluding hydrogens is 444 g/mol. The van der Waals surface area contributed by atoms with Gasteiger partial charge in [-0.3, -0.25) is 4.79 Å². The summed E-state index contributed by atoms with van der Waals surface area (Å²) in [7, 11) is 0. The molecular formula is C26H36N6O3. The maximum absolute atomic E-state index is 12.7. The number of benzene rings is 1. The Morgan fingerprint density at radius 3 is 2.46 bits per heavy atom. The molecule has 5 N–H and O–H groups in total. The Labute approximate surface area is 207 Å². The topological polar surface area (TPSA) is 138 Å². The summed E-state index contributed by atoms with van der Waals surface area (Å²) in [6.07, 6.45) is 4.77. The minimum Gasteiger partial charge on any atom is -0.444 e. The van der Waals surface area contributed by atoms with Gasteiger partial charge >= 0.3 is 6.09 Å². The molecule has 1 aromatic rings. The van der Waals surface area contributed by atoms with Crippen molar-refractivity contribution in [1.29, 1.82) is 5.26 Å². The second-order valence-electron chi connectivity index (χ2n) is 10.1. The molecule has 0 bridgehead atoms. The average molecular weight is 481 g/mol. The fraction of sp³-hybridized carbons (Fsp3) is 0.500. The Hall–Kier alpha value is -3.51. The number of hydrogen-bond donors (Lipinski definition) is 3. The van der Waals surface area contributed by atoms with Crippen molar-refractivity contribution in [2.75, 3.05) is 18.4 Å². The van der Waals surface area contributed by atoms with E-state index in [4.69, 9.17) is 16.3 Å². The lowest BCUT2D eigenvalue weighted by molar-refractivity contribution is -0.114. The smallest absolute Gasteiger partial charge is 0.410 e. The minimum absolute atomic E-state index is 0.159. The summed E-state index contributed by atoms with van der Waals surface area (Å²) in [5, 5.41) is 14.6. The summed E-state index contributed by atoms with van der Waals surface area (Å²) >= 11 is 0. The first-order valence-electron chi connectivity index (χ1n) is 12.0. The number of anilines is 1. The Balaban J connectivity index is 1.90. The molecule has 1 saturated heterocycles. The van der Waals surface area contributed by atoms with Crippen LogP contribution in [0.1, 0.15) is 59.3 Å². The lowest BCUT2D eigenvalue weighted by Gasteiger charge is -2.47. The van der Waals surface area contributed by atoms with E-state index in [0.717, 1.165) is 18.5 Å². The second-order valence-corrected chi connectivity index (χ2v) is 10.1. The highest BCUT2D eigenvalue weighted by Crippen LogP contribution is 2.37. The van der Waals surface area contributed by atoms with Crippen molar-refractivity contribution in [2.45, 2.75) is 70.4 Å². The van der Waals surface area contributed by atoms with Crippen LogP contribution < -0.4 is 16.9 Å². The summed E-state index contributed by atoms with van der Waals surface area (Å²) < 4.78 is 5.51. The van der Waals surface area contributed by atoms with E-state index in [1.807, 2.05) is 57.2 Å². The number of rotatable bonds is 6. The van der Waals surface area contributed by atoms with Crippen LogP contribution in [0.25, 0.3) is 0 Å². The molecule has 1 aliphatic carbocycles. The largest absolute Gasteiger partial charge is 0.444 e. The SMILES string of the molecule is CC(C)(C)OC(=O)N1CCC(CC#N)(N(N)C2=C(C(N)=O)C(Nc3ccccc3)=CCCC2)CC1. The van der Waals surface area contributed by atoms with Gasteiger partial charge < -0.3 is 25.7 Å². The van der Waals surface area contributed by atoms with Crippen molar-refractivity contribution in [3.63, 3.8) is 0 Å². The number of nitriles is 1. The first-order chi connectivity index (χ1) is 16.6. The van der Waals surface area contributed by atoms with Gasteiger partial charge in [0.25, 0.3) is 5.91 Å². The third kappa shape index (κ3) is 6.34. The van der Waals surface area contributed by atoms with Crippen LogP contribution in [0.4, 0.5) is 10.5 Å². The van der Waals surface area contributed by atoms with E-state index in [2.05, 4.69) is 11.4 Å². The van der Waals surface area contributed by atoms with Gasteiger partial charge in [-0.05, 0) is 65.0 Å². The summed E-state index contributed by atoms with van der Waals surface area (Å²) in [5.41, 5.74) is 6.96. The quantitative estimate of drug-likeness (QED) is 0.416. The molecule has 1 aliphatic heterocycles. The highest BCUT2D eigenvalue weighted by molar-refractivity contribution is 5.98. The highest BCUT2D eigenvalue weighted by Gasteiger charge is 2.43. The molecule has 2 amide bonds. The van der Waals surface area contributed by atoms with Gasteiger partial charge in [0.15, 0.2) is 0 Å². The number of carbonyl (C=O) groups excluding carboxylic acids is 2. The highest BCUT2D eigenvalue weighted by atomic mass is 16.6. The number of nitrogens with two attached hydrogens (primary N) is 2. The van der Waals surface area contributed by atoms with Crippen LogP contribution in [0.3, 0.4) is 0 Å². The molecule has 9 nitrogen and oxygen atoms in total. The van der Waals surface area contributed by atoms with Gasteiger partial charge in [-0.15, -0.1) is 0 Å². The molecule has 0 aromatic heterocycles. The molecule has 0 spiro atoms. The Kier molecular flexibility index (Phi) is 8.07. The van der Waals surface area contributed by atoms with Crippen molar-refractivity contribution in [3.05, 3.63) is 53.4 Å². The molecule has 1 heterocycles. The third-order valence-corrected chi connectivity index (χ3v) is 6.38. The zero-order valence-corrected chi connectivity index (χ0v) is 20.8. The number of para-hydroxylation sites is 1. The lowest BCUT2D eigenvalue weighted by atomic mass is 9.83. The number of amides is 2. The first kappa shape index (κ1) is 26.1. The van der Waals surface area contributed by atoms with E-state index >= 15 is 0 Å². The van der Waals surface area contributed by atoms with Crippen molar-refractivity contribution in [3.8, 4) is 6.07 Å². The molecule has 35 heavy (non-hydrogen) atoms. The van der Waals surface area contributed by atoms with Crippen molar-refractivity contribution < 1.29 is 14.3 Å². The zero-order chi connectivity index (χ0) is 25.6. The number of hydrazine groups is 1. The fourth-order valence-corrected chi connectivity index (χ4v) is 4.57. The molecule has 0 saturated carbocycles. The van der Waals surface area contributed by atoms with Gasteiger partial charge in [-0.1, -0.05) is 24.3 Å². The Morgan fingerprint density at radius 2 is 1.89 bits per heavy atom. The molecule has 3 rings (SSSR count). The number of carbonyl (C=O) groups is 2. The number of nitrogens with one attached hydrogen (secondary N) is 1. The molecule has 0 unspecified atom stereocenters. The number of hydrogen-bond acceptors (Lipinski definition) is 7. The number of likely N-dealkylation sites (tertiary alicyclic amines) is 1. The normalized spacial score (nSPS) is 18.1. The van der Waals surface area contributed by atoms with E-state index in [1.165, 1.54) is 0 Å². The fourth-order valence-electron chi connectivity index (χ4n) is 4.57. The van der Waals surface area contributed by atoms with Crippen LogP contribution in [0, 0.1) is 11.3 Å². The first-order valence-corrected chi connectivity index (χ1v) is 12.0. The van der Waals surface area contributed by atoms with E-state index in [1.54, 1.807) is 9.91 Å². The predicted molar refractivity (Wildman–Crippen MR) is 134 cm³/mol. The van der Waals surface area contributed by atoms with E-state index < -0.39 is 17.0 Å². The van der Waals surface area contributed by atoms with Crippen molar-refractivity contribution in [1.82, 2.24) is 9.91 Å². The summed E-state index contributed by atoms with van der Waals surface area (Å²) in [5.74, 6) is 6.17. The molecule has 1 fully saturated rings. The monoisotopic (exact) mass is 480 g/mol. The maximum atomic E-state index is 12.7. The number of ether oxygens (including phenoxy) is 1. The number of primary amides is 1. The zero-order valence-electron chi connectivity index (χ0n) is 20.8. The summed E-state index contributed by atoms with van der Waals surface area (Å²) in [4.78, 5) is 26.9. The summed E-state index contributed by atoms with van der Waals surface area (Å²) in [6.45, 7) is 6.28. The second kappa shape index (κ2) is 10.8. The van der Waals surface area contributed by atoms with Gasteiger partial charge in [-0.25, -0.2) is 10.6 Å². The van der Waals surface area contributed by atoms with E-state index in [0.29, 0.717) is 49.3 Å². The maximum Gasteiger partial charge on any atom is 0.410 e. The third-order valence-electron chi connectivity index (χ3n) is 6.38. The molecule has 9 heteroatoms. The molecule has 2 aliphatic rings. The van der Waals surface area contributed by atoms with Crippen molar-refractivity contribution >= 4 is 17.7 Å². The van der Waals surface area contributed by atoms with Crippen molar-refractivity contribution in [2.24, 2.45) is 11.6 Å². The average Bonchev–Trinajstić information content (AvgIpc) is 3.01. The molecule has 0 radical (unpaired) electrons. The van der Waals surface area contributed by atoms with Gasteiger partial charge in [0, 0.05) is 30.2 Å². The van der Waals surface area contributed by atoms with E-state index in [9.17, 15) is 14.9 Å². The van der Waals surface area contributed by atoms with Crippen LogP contribution in [0.2, 0.25) is 0 Å². The van der Waals surface area contributed by atoms with Crippen LogP contribution in [-0.4, -0.2) is 46.1 Å². The van der Waals surface area contributed by atoms with Gasteiger partial charge in [0.05, 0.1) is 23.6 Å². The summed E-state index contributed by atoms with van der Waals surface area (Å²) in [6, 6.07) is 11.8. The van der Waals surface area contributed by atoms with E-state index in [-0.39, 0.29) is 12.5 Å². The Morgan fingerprint density at radius 1 is 1.23 bits per heavy atom. The number of allylic oxidation sites excluding steroid dienone is 2. The number of piperidine rings is 1. The standard InChI is InChI=1S/C26H36N6O3/c1-25(2,3)35-24(34)31-17-14-26(13-16-27,15-18-31)32(29)21-12-8-7-11-20(22(21)23(28)33)30-19-9-5-4-6-10-19/h4-6,9-11,30H,7-8,12-15,17-18,29H2,1-3H3,(H2,28,33). The van der Waals surface area contributed by atoms with Gasteiger partial charge in [-0.2, -0.15) is 5.26 Å². The molecule has 1 aromatic carbocycles. The Bertz CT molecular complexity index is 1030. The molecule has 0 atom stereocenters. The minimum atomic E-state index is -0.731. The van der Waals surface area contributed by atoms with Gasteiger partial charge in [0.2, 0.25) is 0 Å². The predicted octanol–water partition coefficient (Wildman–Crippen LogP) is 3.76. The lowest BCUT2D eigenvalue weighted by Crippen LogP contribution is -2.59. The molecule has 188 valence electrons.